The number of pyridine rings is 1. The molecule has 27 heavy (non-hydrogen) atoms. The normalized spacial score (nSPS) is 21.3. The Morgan fingerprint density at radius 3 is 2.81 bits per heavy atom. The van der Waals surface area contributed by atoms with Gasteiger partial charge in [-0.3, -0.25) is 4.79 Å². The lowest BCUT2D eigenvalue weighted by Crippen LogP contribution is -2.41. The number of amides is 1. The van der Waals surface area contributed by atoms with Crippen molar-refractivity contribution in [2.75, 3.05) is 58.5 Å². The summed E-state index contributed by atoms with van der Waals surface area (Å²) in [6, 6.07) is 3.88. The second-order valence-corrected chi connectivity index (χ2v) is 7.89. The molecule has 2 saturated heterocycles. The molecule has 2 fully saturated rings. The second-order valence-electron chi connectivity index (χ2n) is 7.89. The summed E-state index contributed by atoms with van der Waals surface area (Å²) in [5, 5.41) is 0. The molecule has 0 radical (unpaired) electrons. The Hall–Kier alpha value is -1.66. The number of hydrogen-bond acceptors (Lipinski definition) is 5. The summed E-state index contributed by atoms with van der Waals surface area (Å²) >= 11 is 0. The van der Waals surface area contributed by atoms with Gasteiger partial charge >= 0.3 is 0 Å². The van der Waals surface area contributed by atoms with Gasteiger partial charge in [-0.1, -0.05) is 0 Å². The van der Waals surface area contributed by atoms with Crippen LogP contribution in [-0.2, 0) is 9.47 Å². The quantitative estimate of drug-likeness (QED) is 0.733. The number of aromatic nitrogens is 1. The standard InChI is InChI=1S/C21H33N3O3/c1-23(11-7-17-8-12-27-13-9-17)20-6-5-19(14-22-20)21(25)24-10-3-4-18(15-24)16-26-2/h5-6,14,17-18H,3-4,7-13,15-16H2,1-2H3/t18-/m1/s1. The molecule has 1 amide bonds. The summed E-state index contributed by atoms with van der Waals surface area (Å²) in [6.45, 7) is 5.09. The number of ether oxygens (including phenoxy) is 2. The zero-order valence-electron chi connectivity index (χ0n) is 16.7. The molecule has 0 unspecified atom stereocenters. The molecule has 1 aromatic heterocycles. The fourth-order valence-corrected chi connectivity index (χ4v) is 4.07. The molecule has 0 bridgehead atoms. The summed E-state index contributed by atoms with van der Waals surface area (Å²) in [6.07, 6.45) is 7.38. The topological polar surface area (TPSA) is 54.9 Å². The van der Waals surface area contributed by atoms with Gasteiger partial charge < -0.3 is 19.3 Å². The molecular formula is C21H33N3O3. The zero-order chi connectivity index (χ0) is 19.1. The van der Waals surface area contributed by atoms with Gasteiger partial charge in [-0.25, -0.2) is 4.98 Å². The van der Waals surface area contributed by atoms with Crippen molar-refractivity contribution in [2.24, 2.45) is 11.8 Å². The fraction of sp³-hybridized carbons (Fsp3) is 0.714. The van der Waals surface area contributed by atoms with E-state index in [2.05, 4.69) is 16.9 Å². The van der Waals surface area contributed by atoms with Crippen LogP contribution in [0.4, 0.5) is 5.82 Å². The van der Waals surface area contributed by atoms with Crippen LogP contribution in [0, 0.1) is 11.8 Å². The Morgan fingerprint density at radius 1 is 1.30 bits per heavy atom. The molecule has 0 saturated carbocycles. The van der Waals surface area contributed by atoms with Crippen LogP contribution in [0.3, 0.4) is 0 Å². The molecule has 6 nitrogen and oxygen atoms in total. The molecule has 1 aromatic rings. The van der Waals surface area contributed by atoms with E-state index < -0.39 is 0 Å². The highest BCUT2D eigenvalue weighted by molar-refractivity contribution is 5.94. The molecule has 6 heteroatoms. The molecule has 0 spiro atoms. The molecule has 0 aromatic carbocycles. The van der Waals surface area contributed by atoms with Crippen molar-refractivity contribution < 1.29 is 14.3 Å². The fourth-order valence-electron chi connectivity index (χ4n) is 4.07. The van der Waals surface area contributed by atoms with Crippen molar-refractivity contribution in [2.45, 2.75) is 32.1 Å². The Bertz CT molecular complexity index is 585. The van der Waals surface area contributed by atoms with Crippen LogP contribution in [0.15, 0.2) is 18.3 Å². The van der Waals surface area contributed by atoms with Gasteiger partial charge in [0.2, 0.25) is 0 Å². The minimum absolute atomic E-state index is 0.0831. The van der Waals surface area contributed by atoms with Crippen molar-refractivity contribution in [1.29, 1.82) is 0 Å². The third kappa shape index (κ3) is 5.66. The molecule has 0 N–H and O–H groups in total. The summed E-state index contributed by atoms with van der Waals surface area (Å²) in [4.78, 5) is 21.4. The minimum atomic E-state index is 0.0831. The summed E-state index contributed by atoms with van der Waals surface area (Å²) in [7, 11) is 3.80. The van der Waals surface area contributed by atoms with Gasteiger partial charge in [-0.05, 0) is 56.1 Å². The van der Waals surface area contributed by atoms with Crippen LogP contribution in [0.1, 0.15) is 42.5 Å². The van der Waals surface area contributed by atoms with Crippen LogP contribution in [0.2, 0.25) is 0 Å². The number of piperidine rings is 1. The largest absolute Gasteiger partial charge is 0.384 e. The maximum absolute atomic E-state index is 12.8. The highest BCUT2D eigenvalue weighted by atomic mass is 16.5. The smallest absolute Gasteiger partial charge is 0.255 e. The van der Waals surface area contributed by atoms with E-state index in [1.807, 2.05) is 17.0 Å². The van der Waals surface area contributed by atoms with Gasteiger partial charge in [0, 0.05) is 53.2 Å². The van der Waals surface area contributed by atoms with Gasteiger partial charge in [-0.2, -0.15) is 0 Å². The van der Waals surface area contributed by atoms with Gasteiger partial charge in [0.15, 0.2) is 0 Å². The maximum Gasteiger partial charge on any atom is 0.255 e. The van der Waals surface area contributed by atoms with Crippen molar-refractivity contribution in [1.82, 2.24) is 9.88 Å². The first-order valence-electron chi connectivity index (χ1n) is 10.2. The summed E-state index contributed by atoms with van der Waals surface area (Å²) in [5.74, 6) is 2.20. The number of carbonyl (C=O) groups is 1. The van der Waals surface area contributed by atoms with E-state index in [4.69, 9.17) is 9.47 Å². The highest BCUT2D eigenvalue weighted by Gasteiger charge is 2.24. The van der Waals surface area contributed by atoms with E-state index >= 15 is 0 Å². The monoisotopic (exact) mass is 375 g/mol. The summed E-state index contributed by atoms with van der Waals surface area (Å²) < 4.78 is 10.7. The lowest BCUT2D eigenvalue weighted by Gasteiger charge is -2.32. The highest BCUT2D eigenvalue weighted by Crippen LogP contribution is 2.21. The Balaban J connectivity index is 1.52. The van der Waals surface area contributed by atoms with Crippen LogP contribution >= 0.6 is 0 Å². The third-order valence-electron chi connectivity index (χ3n) is 5.81. The second kappa shape index (κ2) is 10.0. The molecular weight excluding hydrogens is 342 g/mol. The number of hydrogen-bond donors (Lipinski definition) is 0. The number of methoxy groups -OCH3 is 1. The Labute approximate surface area is 162 Å². The van der Waals surface area contributed by atoms with Crippen molar-refractivity contribution in [3.63, 3.8) is 0 Å². The number of likely N-dealkylation sites (tertiary alicyclic amines) is 1. The number of nitrogens with zero attached hydrogens (tertiary/aromatic N) is 3. The van der Waals surface area contributed by atoms with E-state index in [1.165, 1.54) is 0 Å². The SMILES string of the molecule is COC[C@@H]1CCCN(C(=O)c2ccc(N(C)CCC3CCOCC3)nc2)C1. The average Bonchev–Trinajstić information content (AvgIpc) is 2.73. The number of rotatable bonds is 7. The third-order valence-corrected chi connectivity index (χ3v) is 5.81. The molecule has 2 aliphatic rings. The van der Waals surface area contributed by atoms with Crippen LogP contribution in [0.5, 0.6) is 0 Å². The predicted molar refractivity (Wildman–Crippen MR) is 106 cm³/mol. The molecule has 1 atom stereocenters. The average molecular weight is 376 g/mol. The number of carbonyl (C=O) groups excluding carboxylic acids is 1. The lowest BCUT2D eigenvalue weighted by atomic mass is 9.96. The zero-order valence-corrected chi connectivity index (χ0v) is 16.7. The molecule has 2 aliphatic heterocycles. The van der Waals surface area contributed by atoms with Gasteiger partial charge in [-0.15, -0.1) is 0 Å². The molecule has 3 rings (SSSR count). The van der Waals surface area contributed by atoms with Gasteiger partial charge in [0.1, 0.15) is 5.82 Å². The van der Waals surface area contributed by atoms with E-state index in [0.717, 1.165) is 83.3 Å². The minimum Gasteiger partial charge on any atom is -0.384 e. The van der Waals surface area contributed by atoms with E-state index in [-0.39, 0.29) is 5.91 Å². The van der Waals surface area contributed by atoms with Gasteiger partial charge in [0.05, 0.1) is 12.2 Å². The first-order valence-corrected chi connectivity index (χ1v) is 10.2. The van der Waals surface area contributed by atoms with Gasteiger partial charge in [0.25, 0.3) is 5.91 Å². The van der Waals surface area contributed by atoms with Crippen LogP contribution in [-0.4, -0.2) is 69.4 Å². The van der Waals surface area contributed by atoms with Crippen molar-refractivity contribution >= 4 is 11.7 Å². The van der Waals surface area contributed by atoms with E-state index in [9.17, 15) is 4.79 Å². The maximum atomic E-state index is 12.8. The van der Waals surface area contributed by atoms with Crippen LogP contribution < -0.4 is 4.90 Å². The lowest BCUT2D eigenvalue weighted by molar-refractivity contribution is 0.0570. The molecule has 0 aliphatic carbocycles. The molecule has 150 valence electrons. The first-order chi connectivity index (χ1) is 13.2. The summed E-state index contributed by atoms with van der Waals surface area (Å²) in [5.41, 5.74) is 0.676. The van der Waals surface area contributed by atoms with E-state index in [0.29, 0.717) is 11.5 Å². The van der Waals surface area contributed by atoms with Crippen molar-refractivity contribution in [3.8, 4) is 0 Å². The van der Waals surface area contributed by atoms with E-state index in [1.54, 1.807) is 13.3 Å². The number of anilines is 1. The predicted octanol–water partition coefficient (Wildman–Crippen LogP) is 2.83. The first kappa shape index (κ1) is 20.1. The van der Waals surface area contributed by atoms with Crippen LogP contribution in [0.25, 0.3) is 0 Å². The van der Waals surface area contributed by atoms with Crippen molar-refractivity contribution in [3.05, 3.63) is 23.9 Å². The Kier molecular flexibility index (Phi) is 7.47. The molecule has 3 heterocycles. The Morgan fingerprint density at radius 2 is 2.11 bits per heavy atom.